The Kier molecular flexibility index (Phi) is 3.62. The van der Waals surface area contributed by atoms with Crippen LogP contribution in [0.25, 0.3) is 10.9 Å². The van der Waals surface area contributed by atoms with Crippen LogP contribution in [0.15, 0.2) is 46.9 Å². The standard InChI is InChI=1S/C19H15BrN2O2/c20-12-7-8-16-15(10-12)14-5-2-6-17(23)18(14)22(16)19(24)11-3-1-4-13(21)9-11/h1,3-4,7-10H,2,5-6,21H2/p+1. The highest BCUT2D eigenvalue weighted by atomic mass is 79.9. The number of benzene rings is 2. The van der Waals surface area contributed by atoms with Crippen molar-refractivity contribution in [3.8, 4) is 0 Å². The number of aromatic nitrogens is 1. The predicted molar refractivity (Wildman–Crippen MR) is 95.6 cm³/mol. The van der Waals surface area contributed by atoms with Crippen LogP contribution in [0, 0.1) is 0 Å². The lowest BCUT2D eigenvalue weighted by molar-refractivity contribution is -0.254. The molecule has 1 aliphatic carbocycles. The van der Waals surface area contributed by atoms with E-state index in [0.29, 0.717) is 17.7 Å². The number of Topliss-reactive ketones (excluding diaryl/α,β-unsaturated/α-hetero) is 1. The molecule has 4 rings (SSSR count). The number of aryl methyl sites for hydroxylation is 1. The Morgan fingerprint density at radius 3 is 2.75 bits per heavy atom. The molecule has 0 bridgehead atoms. The molecule has 24 heavy (non-hydrogen) atoms. The third kappa shape index (κ3) is 2.32. The van der Waals surface area contributed by atoms with Gasteiger partial charge in [-0.3, -0.25) is 14.2 Å². The highest BCUT2D eigenvalue weighted by molar-refractivity contribution is 9.10. The Balaban J connectivity index is 2.03. The van der Waals surface area contributed by atoms with Gasteiger partial charge in [-0.1, -0.05) is 22.0 Å². The van der Waals surface area contributed by atoms with Gasteiger partial charge in [0, 0.05) is 27.9 Å². The topological polar surface area (TPSA) is 66.7 Å². The van der Waals surface area contributed by atoms with E-state index in [2.05, 4.69) is 21.7 Å². The van der Waals surface area contributed by atoms with Crippen molar-refractivity contribution in [3.63, 3.8) is 0 Å². The molecule has 3 N–H and O–H groups in total. The number of carbonyl (C=O) groups excluding carboxylic acids is 2. The summed E-state index contributed by atoms with van der Waals surface area (Å²) in [6, 6.07) is 13.0. The molecule has 0 aliphatic heterocycles. The average molecular weight is 384 g/mol. The van der Waals surface area contributed by atoms with E-state index in [9.17, 15) is 9.59 Å². The molecule has 3 aromatic rings. The van der Waals surface area contributed by atoms with Gasteiger partial charge >= 0.3 is 0 Å². The zero-order valence-corrected chi connectivity index (χ0v) is 14.6. The van der Waals surface area contributed by atoms with Gasteiger partial charge in [-0.15, -0.1) is 0 Å². The van der Waals surface area contributed by atoms with E-state index in [0.717, 1.165) is 39.5 Å². The quantitative estimate of drug-likeness (QED) is 0.698. The number of hydrogen-bond acceptors (Lipinski definition) is 2. The number of nitrogens with zero attached hydrogens (tertiary/aromatic N) is 1. The van der Waals surface area contributed by atoms with E-state index in [-0.39, 0.29) is 11.7 Å². The first-order valence-corrected chi connectivity index (χ1v) is 8.68. The molecule has 0 radical (unpaired) electrons. The van der Waals surface area contributed by atoms with E-state index in [1.165, 1.54) is 0 Å². The van der Waals surface area contributed by atoms with Crippen LogP contribution in [-0.2, 0) is 6.42 Å². The molecule has 2 aromatic carbocycles. The number of carbonyl (C=O) groups is 2. The number of rotatable bonds is 1. The first kappa shape index (κ1) is 15.3. The minimum atomic E-state index is -0.177. The van der Waals surface area contributed by atoms with Crippen molar-refractivity contribution in [1.82, 2.24) is 4.57 Å². The van der Waals surface area contributed by atoms with Crippen LogP contribution in [0.3, 0.4) is 0 Å². The molecule has 0 amide bonds. The fourth-order valence-electron chi connectivity index (χ4n) is 3.46. The Bertz CT molecular complexity index is 1000. The third-order valence-electron chi connectivity index (χ3n) is 4.51. The van der Waals surface area contributed by atoms with Gasteiger partial charge in [0.05, 0.1) is 11.2 Å². The Labute approximate surface area is 147 Å². The van der Waals surface area contributed by atoms with Gasteiger partial charge in [-0.25, -0.2) is 0 Å². The molecular formula is C19H16BrN2O2+. The maximum Gasteiger partial charge on any atom is 0.263 e. The van der Waals surface area contributed by atoms with Gasteiger partial charge in [0.25, 0.3) is 5.91 Å². The van der Waals surface area contributed by atoms with E-state index in [1.54, 1.807) is 16.7 Å². The van der Waals surface area contributed by atoms with Crippen molar-refractivity contribution < 1.29 is 15.3 Å². The van der Waals surface area contributed by atoms with Gasteiger partial charge < -0.3 is 5.73 Å². The second-order valence-corrected chi connectivity index (χ2v) is 7.02. The summed E-state index contributed by atoms with van der Waals surface area (Å²) in [5.74, 6) is -0.132. The summed E-state index contributed by atoms with van der Waals surface area (Å²) in [4.78, 5) is 25.7. The second-order valence-electron chi connectivity index (χ2n) is 6.11. The molecule has 4 nitrogen and oxygen atoms in total. The Morgan fingerprint density at radius 1 is 1.12 bits per heavy atom. The zero-order chi connectivity index (χ0) is 16.8. The first-order valence-electron chi connectivity index (χ1n) is 7.89. The lowest BCUT2D eigenvalue weighted by Crippen LogP contribution is -2.40. The van der Waals surface area contributed by atoms with Crippen molar-refractivity contribution >= 4 is 44.2 Å². The van der Waals surface area contributed by atoms with Crippen molar-refractivity contribution in [2.45, 2.75) is 19.3 Å². The molecule has 0 unspecified atom stereocenters. The lowest BCUT2D eigenvalue weighted by Gasteiger charge is -2.14. The molecule has 0 atom stereocenters. The van der Waals surface area contributed by atoms with Crippen LogP contribution in [-0.4, -0.2) is 16.3 Å². The molecule has 1 aromatic heterocycles. The van der Waals surface area contributed by atoms with E-state index in [1.807, 2.05) is 30.3 Å². The van der Waals surface area contributed by atoms with Gasteiger partial charge in [-0.2, -0.15) is 0 Å². The predicted octanol–water partition coefficient (Wildman–Crippen LogP) is 3.48. The number of hydrogen-bond donors (Lipinski definition) is 1. The zero-order valence-electron chi connectivity index (χ0n) is 13.0. The van der Waals surface area contributed by atoms with Crippen LogP contribution in [0.2, 0.25) is 0 Å². The van der Waals surface area contributed by atoms with Crippen LogP contribution in [0.5, 0.6) is 0 Å². The van der Waals surface area contributed by atoms with Crippen molar-refractivity contribution in [3.05, 3.63) is 63.8 Å². The van der Waals surface area contributed by atoms with Crippen molar-refractivity contribution in [2.75, 3.05) is 0 Å². The average Bonchev–Trinajstić information content (AvgIpc) is 2.89. The molecule has 1 aliphatic rings. The maximum atomic E-state index is 13.1. The third-order valence-corrected chi connectivity index (χ3v) is 5.00. The van der Waals surface area contributed by atoms with Crippen molar-refractivity contribution in [1.29, 1.82) is 0 Å². The Hall–Kier alpha value is -2.24. The van der Waals surface area contributed by atoms with E-state index in [4.69, 9.17) is 0 Å². The molecule has 5 heteroatoms. The molecule has 0 spiro atoms. The minimum absolute atomic E-state index is 0.0442. The number of ketones is 1. The fourth-order valence-corrected chi connectivity index (χ4v) is 3.82. The summed E-state index contributed by atoms with van der Waals surface area (Å²) in [7, 11) is 0. The summed E-state index contributed by atoms with van der Waals surface area (Å²) in [6.07, 6.45) is 2.15. The van der Waals surface area contributed by atoms with E-state index < -0.39 is 0 Å². The summed E-state index contributed by atoms with van der Waals surface area (Å²) in [5.41, 5.74) is 7.54. The summed E-state index contributed by atoms with van der Waals surface area (Å²) < 4.78 is 2.54. The minimum Gasteiger partial charge on any atom is -0.325 e. The van der Waals surface area contributed by atoms with Gasteiger partial charge in [0.1, 0.15) is 5.69 Å². The summed E-state index contributed by atoms with van der Waals surface area (Å²) in [6.45, 7) is 0. The molecule has 120 valence electrons. The molecule has 0 saturated carbocycles. The van der Waals surface area contributed by atoms with Gasteiger partial charge in [0.2, 0.25) is 0 Å². The summed E-state index contributed by atoms with van der Waals surface area (Å²) in [5, 5.41) is 0.978. The van der Waals surface area contributed by atoms with E-state index >= 15 is 0 Å². The molecule has 1 heterocycles. The molecule has 0 fully saturated rings. The smallest absolute Gasteiger partial charge is 0.263 e. The highest BCUT2D eigenvalue weighted by Crippen LogP contribution is 2.34. The number of quaternary nitrogens is 1. The van der Waals surface area contributed by atoms with Gasteiger partial charge in [-0.05, 0) is 48.7 Å². The monoisotopic (exact) mass is 383 g/mol. The molecule has 0 saturated heterocycles. The van der Waals surface area contributed by atoms with Crippen LogP contribution >= 0.6 is 15.9 Å². The number of fused-ring (bicyclic) bond motifs is 3. The largest absolute Gasteiger partial charge is 0.325 e. The number of halogens is 1. The Morgan fingerprint density at radius 2 is 1.96 bits per heavy atom. The van der Waals surface area contributed by atoms with Crippen LogP contribution in [0.4, 0.5) is 5.69 Å². The highest BCUT2D eigenvalue weighted by Gasteiger charge is 2.29. The van der Waals surface area contributed by atoms with Gasteiger partial charge in [0.15, 0.2) is 5.78 Å². The first-order chi connectivity index (χ1) is 11.6. The maximum absolute atomic E-state index is 13.1. The summed E-state index contributed by atoms with van der Waals surface area (Å²) >= 11 is 3.49. The van der Waals surface area contributed by atoms with Crippen LogP contribution in [0.1, 0.15) is 39.3 Å². The normalized spacial score (nSPS) is 14.0. The second kappa shape index (κ2) is 5.69. The van der Waals surface area contributed by atoms with Crippen molar-refractivity contribution in [2.24, 2.45) is 0 Å². The fraction of sp³-hybridized carbons (Fsp3) is 0.158. The van der Waals surface area contributed by atoms with Crippen LogP contribution < -0.4 is 5.73 Å². The lowest BCUT2D eigenvalue weighted by atomic mass is 9.94. The SMILES string of the molecule is [NH3+]c1cccc(C(=O)n2c3c(c4cc(Br)ccc42)CCCC3=O)c1. The molecular weight excluding hydrogens is 368 g/mol.